The number of ether oxygens (including phenoxy) is 1. The molecule has 4 N–H and O–H groups in total. The van der Waals surface area contributed by atoms with Crippen LogP contribution in [0.25, 0.3) is 0 Å². The van der Waals surface area contributed by atoms with Crippen molar-refractivity contribution in [1.29, 1.82) is 0 Å². The van der Waals surface area contributed by atoms with Gasteiger partial charge >= 0.3 is 0 Å². The van der Waals surface area contributed by atoms with Gasteiger partial charge in [-0.1, -0.05) is 24.3 Å². The fourth-order valence-electron chi connectivity index (χ4n) is 2.97. The molecule has 0 saturated heterocycles. The molecule has 2 aromatic carbocycles. The Morgan fingerprint density at radius 1 is 1.17 bits per heavy atom. The van der Waals surface area contributed by atoms with E-state index in [1.807, 2.05) is 36.9 Å². The smallest absolute Gasteiger partial charge is 0.273 e. The maximum atomic E-state index is 12.5. The van der Waals surface area contributed by atoms with Gasteiger partial charge in [-0.15, -0.1) is 0 Å². The number of nitrogen functional groups attached to an aromatic ring is 1. The van der Waals surface area contributed by atoms with E-state index in [4.69, 9.17) is 10.5 Å². The minimum absolute atomic E-state index is 0.310. The Morgan fingerprint density at radius 2 is 1.97 bits per heavy atom. The number of methoxy groups -OCH3 is 1. The second kappa shape index (κ2) is 8.92. The lowest BCUT2D eigenvalue weighted by Crippen LogP contribution is -2.31. The molecule has 8 heteroatoms. The fourth-order valence-corrected chi connectivity index (χ4v) is 2.97. The van der Waals surface area contributed by atoms with Crippen LogP contribution in [0.4, 0.5) is 23.0 Å². The summed E-state index contributed by atoms with van der Waals surface area (Å²) in [5.74, 6) is 0.972. The summed E-state index contributed by atoms with van der Waals surface area (Å²) in [5.41, 5.74) is 14.5. The monoisotopic (exact) mass is 392 g/mol. The fraction of sp³-hybridized carbons (Fsp3) is 0.190. The van der Waals surface area contributed by atoms with Crippen molar-refractivity contribution in [1.82, 2.24) is 15.4 Å². The summed E-state index contributed by atoms with van der Waals surface area (Å²) < 4.78 is 5.22. The van der Waals surface area contributed by atoms with Crippen molar-refractivity contribution < 1.29 is 9.53 Å². The number of carbonyl (C=O) groups excluding carboxylic acids is 1. The van der Waals surface area contributed by atoms with Gasteiger partial charge in [-0.25, -0.2) is 9.97 Å². The van der Waals surface area contributed by atoms with Crippen LogP contribution in [0.1, 0.15) is 22.8 Å². The molecule has 0 radical (unpaired) electrons. The Bertz CT molecular complexity index is 1010. The third kappa shape index (κ3) is 4.37. The van der Waals surface area contributed by atoms with Gasteiger partial charge in [0.05, 0.1) is 12.7 Å². The van der Waals surface area contributed by atoms with E-state index in [0.717, 1.165) is 11.3 Å². The predicted octanol–water partition coefficient (Wildman–Crippen LogP) is 3.29. The zero-order valence-corrected chi connectivity index (χ0v) is 16.6. The average molecular weight is 392 g/mol. The van der Waals surface area contributed by atoms with Gasteiger partial charge in [-0.05, 0) is 43.7 Å². The van der Waals surface area contributed by atoms with Crippen LogP contribution >= 0.6 is 0 Å². The highest BCUT2D eigenvalue weighted by Gasteiger charge is 2.17. The quantitative estimate of drug-likeness (QED) is 0.530. The van der Waals surface area contributed by atoms with E-state index in [1.165, 1.54) is 13.4 Å². The van der Waals surface area contributed by atoms with E-state index in [-0.39, 0.29) is 5.91 Å². The van der Waals surface area contributed by atoms with E-state index < -0.39 is 0 Å². The second-order valence-corrected chi connectivity index (χ2v) is 6.32. The van der Waals surface area contributed by atoms with Crippen molar-refractivity contribution in [2.75, 3.05) is 29.7 Å². The normalized spacial score (nSPS) is 10.3. The van der Waals surface area contributed by atoms with Gasteiger partial charge in [0, 0.05) is 12.2 Å². The molecule has 0 unspecified atom stereocenters. The number of amides is 1. The molecule has 0 saturated carbocycles. The van der Waals surface area contributed by atoms with Crippen LogP contribution < -0.4 is 26.2 Å². The topological polar surface area (TPSA) is 105 Å². The number of anilines is 4. The first-order valence-electron chi connectivity index (χ1n) is 9.19. The number of hydrogen-bond acceptors (Lipinski definition) is 7. The lowest BCUT2D eigenvalue weighted by atomic mass is 10.2. The van der Waals surface area contributed by atoms with E-state index >= 15 is 0 Å². The summed E-state index contributed by atoms with van der Waals surface area (Å²) in [6.07, 6.45) is 1.40. The molecule has 0 bridgehead atoms. The Morgan fingerprint density at radius 3 is 2.69 bits per heavy atom. The van der Waals surface area contributed by atoms with Crippen molar-refractivity contribution in [3.05, 3.63) is 66.0 Å². The van der Waals surface area contributed by atoms with Crippen molar-refractivity contribution in [2.45, 2.75) is 13.8 Å². The number of hydrazine groups is 1. The number of hydrogen-bond donors (Lipinski definition) is 3. The first kappa shape index (κ1) is 19.9. The molecule has 0 aliphatic heterocycles. The first-order valence-corrected chi connectivity index (χ1v) is 9.19. The number of rotatable bonds is 7. The second-order valence-electron chi connectivity index (χ2n) is 6.32. The van der Waals surface area contributed by atoms with Crippen molar-refractivity contribution in [3.8, 4) is 5.75 Å². The van der Waals surface area contributed by atoms with Crippen LogP contribution in [-0.2, 0) is 0 Å². The maximum absolute atomic E-state index is 12.5. The zero-order chi connectivity index (χ0) is 20.8. The molecule has 0 spiro atoms. The van der Waals surface area contributed by atoms with Crippen molar-refractivity contribution in [2.24, 2.45) is 0 Å². The highest BCUT2D eigenvalue weighted by atomic mass is 16.5. The molecule has 1 amide bonds. The largest absolute Gasteiger partial charge is 0.496 e. The molecular weight excluding hydrogens is 368 g/mol. The summed E-state index contributed by atoms with van der Waals surface area (Å²) in [4.78, 5) is 23.0. The molecule has 0 aliphatic carbocycles. The lowest BCUT2D eigenvalue weighted by Gasteiger charge is -2.24. The predicted molar refractivity (Wildman–Crippen MR) is 114 cm³/mol. The number of benzene rings is 2. The van der Waals surface area contributed by atoms with Crippen LogP contribution in [0, 0.1) is 6.92 Å². The van der Waals surface area contributed by atoms with E-state index in [2.05, 4.69) is 26.9 Å². The lowest BCUT2D eigenvalue weighted by molar-refractivity contribution is 0.0959. The van der Waals surface area contributed by atoms with Crippen LogP contribution in [0.3, 0.4) is 0 Å². The molecule has 3 aromatic rings. The summed E-state index contributed by atoms with van der Waals surface area (Å²) in [6.45, 7) is 4.71. The van der Waals surface area contributed by atoms with Crippen LogP contribution in [0.5, 0.6) is 5.75 Å². The molecule has 0 atom stereocenters. The van der Waals surface area contributed by atoms with E-state index in [9.17, 15) is 4.79 Å². The SMILES string of the molecule is CCN(c1cccc(C)c1)c1ncnc(NNC(=O)c2ccccc2OC)c1N. The molecule has 29 heavy (non-hydrogen) atoms. The third-order valence-electron chi connectivity index (χ3n) is 4.39. The van der Waals surface area contributed by atoms with Crippen molar-refractivity contribution in [3.63, 3.8) is 0 Å². The zero-order valence-electron chi connectivity index (χ0n) is 16.6. The molecular formula is C21H24N6O2. The standard InChI is InChI=1S/C21H24N6O2/c1-4-27(15-9-7-8-14(2)12-15)20-18(22)19(23-13-24-20)25-26-21(28)16-10-5-6-11-17(16)29-3/h5-13H,4,22H2,1-3H3,(H,26,28)(H,23,24,25). The number of carbonyl (C=O) groups is 1. The number of nitrogens with zero attached hydrogens (tertiary/aromatic N) is 3. The number of aryl methyl sites for hydroxylation is 1. The van der Waals surface area contributed by atoms with Crippen LogP contribution in [-0.4, -0.2) is 29.5 Å². The Hall–Kier alpha value is -3.81. The number of aromatic nitrogens is 2. The highest BCUT2D eigenvalue weighted by Crippen LogP contribution is 2.31. The van der Waals surface area contributed by atoms with E-state index in [1.54, 1.807) is 24.3 Å². The molecule has 3 rings (SSSR count). The van der Waals surface area contributed by atoms with Gasteiger partial charge in [-0.2, -0.15) is 0 Å². The van der Waals surface area contributed by atoms with Crippen LogP contribution in [0.15, 0.2) is 54.9 Å². The molecule has 0 aliphatic rings. The first-order chi connectivity index (χ1) is 14.0. The van der Waals surface area contributed by atoms with Gasteiger partial charge < -0.3 is 15.4 Å². The summed E-state index contributed by atoms with van der Waals surface area (Å²) in [6, 6.07) is 15.0. The average Bonchev–Trinajstić information content (AvgIpc) is 2.74. The van der Waals surface area contributed by atoms with Gasteiger partial charge in [0.25, 0.3) is 5.91 Å². The maximum Gasteiger partial charge on any atom is 0.273 e. The van der Waals surface area contributed by atoms with Gasteiger partial charge in [-0.3, -0.25) is 15.6 Å². The highest BCUT2D eigenvalue weighted by molar-refractivity contribution is 5.97. The molecule has 8 nitrogen and oxygen atoms in total. The minimum Gasteiger partial charge on any atom is -0.496 e. The molecule has 1 aromatic heterocycles. The number of nitrogens with two attached hydrogens (primary N) is 1. The number of nitrogens with one attached hydrogen (secondary N) is 2. The van der Waals surface area contributed by atoms with E-state index in [0.29, 0.717) is 35.2 Å². The van der Waals surface area contributed by atoms with Gasteiger partial charge in [0.1, 0.15) is 17.8 Å². The third-order valence-corrected chi connectivity index (χ3v) is 4.39. The Kier molecular flexibility index (Phi) is 6.13. The summed E-state index contributed by atoms with van der Waals surface area (Å²) in [7, 11) is 1.51. The van der Waals surface area contributed by atoms with Crippen molar-refractivity contribution >= 4 is 28.9 Å². The summed E-state index contributed by atoms with van der Waals surface area (Å²) >= 11 is 0. The number of para-hydroxylation sites is 1. The summed E-state index contributed by atoms with van der Waals surface area (Å²) in [5, 5.41) is 0. The minimum atomic E-state index is -0.368. The molecule has 150 valence electrons. The van der Waals surface area contributed by atoms with Crippen LogP contribution in [0.2, 0.25) is 0 Å². The molecule has 0 fully saturated rings. The molecule has 1 heterocycles. The Labute approximate surface area is 169 Å². The van der Waals surface area contributed by atoms with Gasteiger partial charge in [0.2, 0.25) is 0 Å². The van der Waals surface area contributed by atoms with Gasteiger partial charge in [0.15, 0.2) is 11.6 Å². The Balaban J connectivity index is 1.82.